The van der Waals surface area contributed by atoms with Crippen molar-refractivity contribution < 1.29 is 9.26 Å². The van der Waals surface area contributed by atoms with Gasteiger partial charge in [-0.15, -0.1) is 0 Å². The molecule has 0 bridgehead atoms. The maximum Gasteiger partial charge on any atom is 0.138 e. The first-order valence-electron chi connectivity index (χ1n) is 5.98. The second-order valence-corrected chi connectivity index (χ2v) is 3.98. The Morgan fingerprint density at radius 1 is 1.33 bits per heavy atom. The Kier molecular flexibility index (Phi) is 4.30. The summed E-state index contributed by atoms with van der Waals surface area (Å²) < 4.78 is 10.5. The van der Waals surface area contributed by atoms with Gasteiger partial charge in [-0.25, -0.2) is 0 Å². The second kappa shape index (κ2) is 6.16. The topological polar surface area (TPSA) is 60.2 Å². The molecule has 2 aromatic rings. The van der Waals surface area contributed by atoms with Crippen molar-refractivity contribution in [2.24, 2.45) is 0 Å². The van der Waals surface area contributed by atoms with Crippen molar-refractivity contribution in [2.75, 3.05) is 6.54 Å². The van der Waals surface area contributed by atoms with E-state index in [0.29, 0.717) is 6.61 Å². The highest BCUT2D eigenvalue weighted by atomic mass is 16.5. The zero-order valence-electron chi connectivity index (χ0n) is 10.6. The van der Waals surface area contributed by atoms with Crippen molar-refractivity contribution in [3.63, 3.8) is 0 Å². The summed E-state index contributed by atoms with van der Waals surface area (Å²) in [6.45, 7) is 6.03. The number of hydrogen-bond donors (Lipinski definition) is 1. The molecule has 0 fully saturated rings. The van der Waals surface area contributed by atoms with Gasteiger partial charge in [0.05, 0.1) is 11.9 Å². The molecule has 0 amide bonds. The van der Waals surface area contributed by atoms with Crippen molar-refractivity contribution in [2.45, 2.75) is 27.0 Å². The van der Waals surface area contributed by atoms with Gasteiger partial charge in [-0.1, -0.05) is 12.1 Å². The van der Waals surface area contributed by atoms with Crippen molar-refractivity contribution in [1.29, 1.82) is 0 Å². The average Bonchev–Trinajstić information content (AvgIpc) is 2.81. The molecule has 0 spiro atoms. The Balaban J connectivity index is 1.86. The number of nitrogens with one attached hydrogen (secondary N) is 1. The molecule has 0 aromatic carbocycles. The molecule has 0 saturated carbocycles. The summed E-state index contributed by atoms with van der Waals surface area (Å²) in [7, 11) is 0. The summed E-state index contributed by atoms with van der Waals surface area (Å²) >= 11 is 0. The molecule has 1 N–H and O–H groups in total. The monoisotopic (exact) mass is 247 g/mol. The van der Waals surface area contributed by atoms with E-state index in [1.54, 1.807) is 6.20 Å². The van der Waals surface area contributed by atoms with Gasteiger partial charge in [0.1, 0.15) is 23.8 Å². The van der Waals surface area contributed by atoms with Crippen molar-refractivity contribution in [1.82, 2.24) is 15.5 Å². The first-order valence-corrected chi connectivity index (χ1v) is 5.98. The van der Waals surface area contributed by atoms with Crippen LogP contribution in [0, 0.1) is 6.92 Å². The van der Waals surface area contributed by atoms with E-state index in [1.807, 2.05) is 25.1 Å². The Labute approximate surface area is 106 Å². The number of ether oxygens (including phenoxy) is 1. The predicted octanol–water partition coefficient (Wildman–Crippen LogP) is 2.07. The van der Waals surface area contributed by atoms with Gasteiger partial charge in [0.25, 0.3) is 0 Å². The molecule has 0 saturated heterocycles. The van der Waals surface area contributed by atoms with Crippen LogP contribution in [0.15, 0.2) is 28.9 Å². The molecule has 0 aliphatic rings. The number of nitrogens with zero attached hydrogens (tertiary/aromatic N) is 2. The number of aromatic nitrogens is 2. The molecule has 18 heavy (non-hydrogen) atoms. The standard InChI is InChI=1S/C13H17N3O2/c1-3-14-7-11-4-5-13(8-15-11)17-9-12-6-10(2)18-16-12/h4-6,8,14H,3,7,9H2,1-2H3. The smallest absolute Gasteiger partial charge is 0.138 e. The van der Waals surface area contributed by atoms with Gasteiger partial charge in [-0.2, -0.15) is 0 Å². The maximum atomic E-state index is 5.56. The summed E-state index contributed by atoms with van der Waals surface area (Å²) in [5.74, 6) is 1.52. The molecular weight excluding hydrogens is 230 g/mol. The SMILES string of the molecule is CCNCc1ccc(OCc2cc(C)on2)cn1. The van der Waals surface area contributed by atoms with Crippen LogP contribution in [-0.4, -0.2) is 16.7 Å². The maximum absolute atomic E-state index is 5.56. The van der Waals surface area contributed by atoms with E-state index >= 15 is 0 Å². The van der Waals surface area contributed by atoms with Crippen LogP contribution in [0.1, 0.15) is 24.1 Å². The normalized spacial score (nSPS) is 10.6. The molecule has 0 aliphatic carbocycles. The van der Waals surface area contributed by atoms with Crippen LogP contribution in [0.2, 0.25) is 0 Å². The molecule has 0 aliphatic heterocycles. The highest BCUT2D eigenvalue weighted by Gasteiger charge is 2.02. The van der Waals surface area contributed by atoms with Crippen molar-refractivity contribution >= 4 is 0 Å². The molecule has 5 heteroatoms. The molecule has 0 radical (unpaired) electrons. The zero-order valence-corrected chi connectivity index (χ0v) is 10.6. The van der Waals surface area contributed by atoms with Crippen LogP contribution >= 0.6 is 0 Å². The van der Waals surface area contributed by atoms with E-state index in [-0.39, 0.29) is 0 Å². The molecular formula is C13H17N3O2. The van der Waals surface area contributed by atoms with Crippen LogP contribution in [0.25, 0.3) is 0 Å². The summed E-state index contributed by atoms with van der Waals surface area (Å²) in [6.07, 6.45) is 1.72. The molecule has 2 rings (SSSR count). The minimum absolute atomic E-state index is 0.394. The number of pyridine rings is 1. The van der Waals surface area contributed by atoms with Gasteiger partial charge >= 0.3 is 0 Å². The summed E-state index contributed by atoms with van der Waals surface area (Å²) in [5.41, 5.74) is 1.78. The second-order valence-electron chi connectivity index (χ2n) is 3.98. The third-order valence-corrected chi connectivity index (χ3v) is 2.42. The molecule has 2 aromatic heterocycles. The predicted molar refractivity (Wildman–Crippen MR) is 67.2 cm³/mol. The lowest BCUT2D eigenvalue weighted by Crippen LogP contribution is -2.12. The van der Waals surface area contributed by atoms with Gasteiger partial charge in [0, 0.05) is 12.6 Å². The van der Waals surface area contributed by atoms with Crippen LogP contribution in [0.4, 0.5) is 0 Å². The molecule has 2 heterocycles. The molecule has 96 valence electrons. The van der Waals surface area contributed by atoms with Crippen LogP contribution in [0.5, 0.6) is 5.75 Å². The minimum Gasteiger partial charge on any atom is -0.486 e. The first kappa shape index (κ1) is 12.6. The number of hydrogen-bond acceptors (Lipinski definition) is 5. The fourth-order valence-electron chi connectivity index (χ4n) is 1.50. The third kappa shape index (κ3) is 3.56. The van der Waals surface area contributed by atoms with E-state index in [9.17, 15) is 0 Å². The Morgan fingerprint density at radius 3 is 2.83 bits per heavy atom. The molecule has 0 unspecified atom stereocenters. The third-order valence-electron chi connectivity index (χ3n) is 2.42. The number of aryl methyl sites for hydroxylation is 1. The quantitative estimate of drug-likeness (QED) is 0.846. The summed E-state index contributed by atoms with van der Waals surface area (Å²) in [6, 6.07) is 5.71. The van der Waals surface area contributed by atoms with Gasteiger partial charge < -0.3 is 14.6 Å². The minimum atomic E-state index is 0.394. The van der Waals surface area contributed by atoms with E-state index in [2.05, 4.69) is 22.4 Å². The van der Waals surface area contributed by atoms with Crippen molar-refractivity contribution in [3.8, 4) is 5.75 Å². The lowest BCUT2D eigenvalue weighted by atomic mass is 10.3. The van der Waals surface area contributed by atoms with Crippen LogP contribution in [-0.2, 0) is 13.2 Å². The lowest BCUT2D eigenvalue weighted by molar-refractivity contribution is 0.286. The Hall–Kier alpha value is -1.88. The number of rotatable bonds is 6. The van der Waals surface area contributed by atoms with Gasteiger partial charge in [0.2, 0.25) is 0 Å². The van der Waals surface area contributed by atoms with Crippen LogP contribution in [0.3, 0.4) is 0 Å². The molecule has 0 atom stereocenters. The Morgan fingerprint density at radius 2 is 2.22 bits per heavy atom. The zero-order chi connectivity index (χ0) is 12.8. The van der Waals surface area contributed by atoms with Crippen molar-refractivity contribution in [3.05, 3.63) is 41.5 Å². The highest BCUT2D eigenvalue weighted by molar-refractivity contribution is 5.20. The average molecular weight is 247 g/mol. The Bertz CT molecular complexity index is 479. The molecule has 5 nitrogen and oxygen atoms in total. The van der Waals surface area contributed by atoms with Gasteiger partial charge in [-0.05, 0) is 25.6 Å². The van der Waals surface area contributed by atoms with Gasteiger partial charge in [-0.3, -0.25) is 4.98 Å². The fraction of sp³-hybridized carbons (Fsp3) is 0.385. The van der Waals surface area contributed by atoms with Gasteiger partial charge in [0.15, 0.2) is 0 Å². The lowest BCUT2D eigenvalue weighted by Gasteiger charge is -2.05. The van der Waals surface area contributed by atoms with E-state index in [1.165, 1.54) is 0 Å². The van der Waals surface area contributed by atoms with E-state index < -0.39 is 0 Å². The summed E-state index contributed by atoms with van der Waals surface area (Å²) in [4.78, 5) is 4.30. The fourth-order valence-corrected chi connectivity index (χ4v) is 1.50. The summed E-state index contributed by atoms with van der Waals surface area (Å²) in [5, 5.41) is 7.08. The highest BCUT2D eigenvalue weighted by Crippen LogP contribution is 2.12. The first-order chi connectivity index (χ1) is 8.78. The van der Waals surface area contributed by atoms with E-state index in [4.69, 9.17) is 9.26 Å². The van der Waals surface area contributed by atoms with E-state index in [0.717, 1.165) is 36.0 Å². The largest absolute Gasteiger partial charge is 0.486 e. The van der Waals surface area contributed by atoms with Crippen LogP contribution < -0.4 is 10.1 Å².